The third-order valence-corrected chi connectivity index (χ3v) is 4.80. The van der Waals surface area contributed by atoms with Crippen LogP contribution in [0.2, 0.25) is 0 Å². The predicted molar refractivity (Wildman–Crippen MR) is 104 cm³/mol. The summed E-state index contributed by atoms with van der Waals surface area (Å²) in [6.45, 7) is 9.05. The molecule has 0 fully saturated rings. The first-order valence-electron chi connectivity index (χ1n) is 9.94. The van der Waals surface area contributed by atoms with Gasteiger partial charge in [-0.1, -0.05) is 66.2 Å². The molecule has 0 radical (unpaired) electrons. The third-order valence-electron chi connectivity index (χ3n) is 4.80. The molecule has 0 aliphatic rings. The van der Waals surface area contributed by atoms with E-state index < -0.39 is 0 Å². The lowest BCUT2D eigenvalue weighted by Crippen LogP contribution is -1.98. The van der Waals surface area contributed by atoms with Crippen molar-refractivity contribution in [1.29, 1.82) is 0 Å². The topological polar surface area (TPSA) is 40.5 Å². The summed E-state index contributed by atoms with van der Waals surface area (Å²) >= 11 is 0. The molecule has 2 nitrogen and oxygen atoms in total. The van der Waals surface area contributed by atoms with Crippen molar-refractivity contribution >= 4 is 0 Å². The minimum absolute atomic E-state index is 0.355. The van der Waals surface area contributed by atoms with Gasteiger partial charge in [-0.05, 0) is 49.7 Å². The molecular formula is C22H38O2. The molecule has 2 heteroatoms. The van der Waals surface area contributed by atoms with Crippen molar-refractivity contribution in [2.45, 2.75) is 91.9 Å². The molecule has 0 saturated heterocycles. The smallest absolute Gasteiger partial charge is 0.119 e. The summed E-state index contributed by atoms with van der Waals surface area (Å²) in [6.07, 6.45) is 11.4. The number of benzene rings is 1. The second-order valence-electron chi connectivity index (χ2n) is 8.05. The molecule has 0 unspecified atom stereocenters. The lowest BCUT2D eigenvalue weighted by Gasteiger charge is -2.14. The van der Waals surface area contributed by atoms with Gasteiger partial charge in [-0.2, -0.15) is 0 Å². The van der Waals surface area contributed by atoms with Gasteiger partial charge in [0.15, 0.2) is 0 Å². The first-order valence-corrected chi connectivity index (χ1v) is 9.94. The van der Waals surface area contributed by atoms with Gasteiger partial charge in [-0.3, -0.25) is 0 Å². The van der Waals surface area contributed by atoms with Crippen molar-refractivity contribution < 1.29 is 10.2 Å². The lowest BCUT2D eigenvalue weighted by atomic mass is 9.94. The molecule has 24 heavy (non-hydrogen) atoms. The van der Waals surface area contributed by atoms with Gasteiger partial charge in [0, 0.05) is 11.1 Å². The van der Waals surface area contributed by atoms with Crippen LogP contribution in [0.5, 0.6) is 11.5 Å². The number of phenols is 2. The van der Waals surface area contributed by atoms with E-state index in [0.717, 1.165) is 48.6 Å². The normalized spacial score (nSPS) is 11.6. The van der Waals surface area contributed by atoms with E-state index in [1.54, 1.807) is 12.1 Å². The van der Waals surface area contributed by atoms with Crippen LogP contribution in [0.4, 0.5) is 0 Å². The SMILES string of the molecule is CC(C)CCCCCc1c(O)ccc(O)c1CCCCCC(C)C. The van der Waals surface area contributed by atoms with Gasteiger partial charge >= 0.3 is 0 Å². The van der Waals surface area contributed by atoms with Crippen LogP contribution in [-0.4, -0.2) is 10.2 Å². The summed E-state index contributed by atoms with van der Waals surface area (Å²) in [7, 11) is 0. The summed E-state index contributed by atoms with van der Waals surface area (Å²) in [5.41, 5.74) is 1.95. The monoisotopic (exact) mass is 334 g/mol. The van der Waals surface area contributed by atoms with Crippen LogP contribution in [0.3, 0.4) is 0 Å². The van der Waals surface area contributed by atoms with Gasteiger partial charge in [-0.15, -0.1) is 0 Å². The molecule has 0 aromatic heterocycles. The Hall–Kier alpha value is -1.18. The van der Waals surface area contributed by atoms with Crippen molar-refractivity contribution in [2.75, 3.05) is 0 Å². The summed E-state index contributed by atoms with van der Waals surface area (Å²) in [4.78, 5) is 0. The first kappa shape index (κ1) is 20.9. The molecule has 0 amide bonds. The minimum atomic E-state index is 0.355. The summed E-state index contributed by atoms with van der Waals surface area (Å²) in [5, 5.41) is 20.4. The van der Waals surface area contributed by atoms with E-state index in [4.69, 9.17) is 0 Å². The van der Waals surface area contributed by atoms with E-state index in [2.05, 4.69) is 27.7 Å². The molecule has 2 N–H and O–H groups in total. The van der Waals surface area contributed by atoms with Crippen LogP contribution in [0.15, 0.2) is 12.1 Å². The quantitative estimate of drug-likeness (QED) is 0.333. The molecule has 0 heterocycles. The van der Waals surface area contributed by atoms with Gasteiger partial charge in [0.2, 0.25) is 0 Å². The fourth-order valence-electron chi connectivity index (χ4n) is 3.29. The molecule has 0 spiro atoms. The Morgan fingerprint density at radius 3 is 1.33 bits per heavy atom. The second kappa shape index (κ2) is 11.4. The molecule has 1 aromatic carbocycles. The van der Waals surface area contributed by atoms with Gasteiger partial charge in [0.1, 0.15) is 11.5 Å². The Morgan fingerprint density at radius 1 is 0.625 bits per heavy atom. The minimum Gasteiger partial charge on any atom is -0.508 e. The maximum absolute atomic E-state index is 10.2. The fourth-order valence-corrected chi connectivity index (χ4v) is 3.29. The molecule has 138 valence electrons. The Labute approximate surface area is 149 Å². The molecule has 1 aromatic rings. The number of rotatable bonds is 12. The van der Waals surface area contributed by atoms with E-state index in [-0.39, 0.29) is 0 Å². The van der Waals surface area contributed by atoms with Crippen LogP contribution >= 0.6 is 0 Å². The number of hydrogen-bond acceptors (Lipinski definition) is 2. The van der Waals surface area contributed by atoms with Crippen LogP contribution in [0.1, 0.15) is 90.2 Å². The van der Waals surface area contributed by atoms with Crippen molar-refractivity contribution in [3.8, 4) is 11.5 Å². The van der Waals surface area contributed by atoms with Crippen molar-refractivity contribution in [2.24, 2.45) is 11.8 Å². The van der Waals surface area contributed by atoms with Crippen molar-refractivity contribution in [3.63, 3.8) is 0 Å². The highest BCUT2D eigenvalue weighted by Gasteiger charge is 2.12. The zero-order valence-electron chi connectivity index (χ0n) is 16.3. The number of phenolic OH excluding ortho intramolecular Hbond substituents is 2. The highest BCUT2D eigenvalue weighted by Crippen LogP contribution is 2.32. The fraction of sp³-hybridized carbons (Fsp3) is 0.727. The van der Waals surface area contributed by atoms with Crippen LogP contribution in [-0.2, 0) is 12.8 Å². The third kappa shape index (κ3) is 8.08. The maximum Gasteiger partial charge on any atom is 0.119 e. The average molecular weight is 335 g/mol. The molecular weight excluding hydrogens is 296 g/mol. The average Bonchev–Trinajstić information content (AvgIpc) is 2.51. The van der Waals surface area contributed by atoms with E-state index in [0.29, 0.717) is 11.5 Å². The summed E-state index contributed by atoms with van der Waals surface area (Å²) in [6, 6.07) is 3.28. The van der Waals surface area contributed by atoms with Crippen LogP contribution in [0.25, 0.3) is 0 Å². The molecule has 1 rings (SSSR count). The summed E-state index contributed by atoms with van der Waals surface area (Å²) in [5.74, 6) is 2.24. The largest absolute Gasteiger partial charge is 0.508 e. The van der Waals surface area contributed by atoms with E-state index in [9.17, 15) is 10.2 Å². The van der Waals surface area contributed by atoms with Gasteiger partial charge in [0.05, 0.1) is 0 Å². The molecule has 0 saturated carbocycles. The first-order chi connectivity index (χ1) is 11.4. The highest BCUT2D eigenvalue weighted by molar-refractivity contribution is 5.47. The standard InChI is InChI=1S/C22H38O2/c1-17(2)11-7-5-9-13-19-20(22(24)16-15-21(19)23)14-10-6-8-12-18(3)4/h15-18,23-24H,5-14H2,1-4H3. The zero-order chi connectivity index (χ0) is 17.9. The second-order valence-corrected chi connectivity index (χ2v) is 8.05. The van der Waals surface area contributed by atoms with E-state index in [1.165, 1.54) is 38.5 Å². The van der Waals surface area contributed by atoms with Crippen LogP contribution < -0.4 is 0 Å². The van der Waals surface area contributed by atoms with Gasteiger partial charge in [-0.25, -0.2) is 0 Å². The van der Waals surface area contributed by atoms with E-state index in [1.807, 2.05) is 0 Å². The molecule has 0 atom stereocenters. The van der Waals surface area contributed by atoms with E-state index >= 15 is 0 Å². The Bertz CT molecular complexity index is 420. The number of aromatic hydroxyl groups is 2. The van der Waals surface area contributed by atoms with Crippen molar-refractivity contribution in [1.82, 2.24) is 0 Å². The zero-order valence-corrected chi connectivity index (χ0v) is 16.3. The lowest BCUT2D eigenvalue weighted by molar-refractivity contribution is 0.443. The summed E-state index contributed by atoms with van der Waals surface area (Å²) < 4.78 is 0. The van der Waals surface area contributed by atoms with Gasteiger partial charge < -0.3 is 10.2 Å². The maximum atomic E-state index is 10.2. The highest BCUT2D eigenvalue weighted by atomic mass is 16.3. The number of hydrogen-bond donors (Lipinski definition) is 2. The van der Waals surface area contributed by atoms with Gasteiger partial charge in [0.25, 0.3) is 0 Å². The molecule has 0 bridgehead atoms. The molecule has 0 aliphatic carbocycles. The van der Waals surface area contributed by atoms with Crippen LogP contribution in [0, 0.1) is 11.8 Å². The Balaban J connectivity index is 2.52. The molecule has 0 aliphatic heterocycles. The Kier molecular flexibility index (Phi) is 9.90. The predicted octanol–water partition coefficient (Wildman–Crippen LogP) is 6.62. The Morgan fingerprint density at radius 2 is 1.00 bits per heavy atom. The number of unbranched alkanes of at least 4 members (excludes halogenated alkanes) is 4. The van der Waals surface area contributed by atoms with Crippen molar-refractivity contribution in [3.05, 3.63) is 23.3 Å².